The standard InChI is InChI=1S/C33H33F5N8O/c1-16-10-32(6-3-7-46(32)12-16)15-47-31-41-29-20(30(42-31)45-13-18-4-5-19(14-45)40-18)9-21(34)24(28(29)35)26-25-22(43-44-23(25)11-39)8-17(2)27(26)33(36,37)38/h8-9,16,18-19,40H,3-7,10,12-15H2,1-2H3,(H,43,44)/t16-,18?,19?,32+/m1/s1. The highest BCUT2D eigenvalue weighted by Crippen LogP contribution is 2.47. The lowest BCUT2D eigenvalue weighted by atomic mass is 9.89. The molecule has 4 fully saturated rings. The van der Waals surface area contributed by atoms with E-state index in [4.69, 9.17) is 9.72 Å². The fourth-order valence-electron chi connectivity index (χ4n) is 8.71. The lowest BCUT2D eigenvalue weighted by molar-refractivity contribution is -0.137. The molecule has 4 aliphatic heterocycles. The molecule has 4 aromatic rings. The summed E-state index contributed by atoms with van der Waals surface area (Å²) in [5, 5.41) is 19.3. The molecule has 0 spiro atoms. The maximum absolute atomic E-state index is 17.0. The second kappa shape index (κ2) is 10.7. The molecule has 14 heteroatoms. The summed E-state index contributed by atoms with van der Waals surface area (Å²) in [5.74, 6) is -1.75. The van der Waals surface area contributed by atoms with Crippen molar-refractivity contribution in [3.8, 4) is 23.2 Å². The molecule has 9 nitrogen and oxygen atoms in total. The molecule has 0 saturated carbocycles. The number of nitriles is 1. The Kier molecular flexibility index (Phi) is 6.90. The number of nitrogens with zero attached hydrogens (tertiary/aromatic N) is 6. The van der Waals surface area contributed by atoms with Crippen molar-refractivity contribution in [3.05, 3.63) is 40.6 Å². The number of aromatic amines is 1. The zero-order valence-corrected chi connectivity index (χ0v) is 25.9. The SMILES string of the molecule is Cc1cc2[nH]nc(C#N)c2c(-c2c(F)cc3c(N4CC5CCC(C4)N5)nc(OC[C@@]45CCCN4C[C@H](C)C5)nc3c2F)c1C(F)(F)F. The maximum atomic E-state index is 17.0. The van der Waals surface area contributed by atoms with Crippen molar-refractivity contribution in [1.82, 2.24) is 30.4 Å². The minimum Gasteiger partial charge on any atom is -0.461 e. The highest BCUT2D eigenvalue weighted by Gasteiger charge is 2.48. The molecular formula is C33H33F5N8O. The normalized spacial score (nSPS) is 26.0. The van der Waals surface area contributed by atoms with Gasteiger partial charge >= 0.3 is 12.2 Å². The van der Waals surface area contributed by atoms with Gasteiger partial charge in [-0.15, -0.1) is 0 Å². The number of nitrogens with one attached hydrogen (secondary N) is 2. The molecule has 0 aliphatic carbocycles. The molecule has 8 rings (SSSR count). The van der Waals surface area contributed by atoms with Gasteiger partial charge in [-0.25, -0.2) is 8.78 Å². The third-order valence-electron chi connectivity index (χ3n) is 10.5. The predicted molar refractivity (Wildman–Crippen MR) is 164 cm³/mol. The Labute approximate surface area is 267 Å². The average Bonchev–Trinajstić information content (AvgIpc) is 3.76. The second-order valence-corrected chi connectivity index (χ2v) is 13.7. The molecule has 246 valence electrons. The first kappa shape index (κ1) is 30.3. The third-order valence-corrected chi connectivity index (χ3v) is 10.5. The Morgan fingerprint density at radius 3 is 2.60 bits per heavy atom. The van der Waals surface area contributed by atoms with E-state index < -0.39 is 40.2 Å². The van der Waals surface area contributed by atoms with Crippen LogP contribution in [0.1, 0.15) is 55.8 Å². The van der Waals surface area contributed by atoms with E-state index in [2.05, 4.69) is 32.3 Å². The largest absolute Gasteiger partial charge is 0.461 e. The van der Waals surface area contributed by atoms with Crippen LogP contribution in [0.2, 0.25) is 0 Å². The van der Waals surface area contributed by atoms with Gasteiger partial charge in [0.2, 0.25) is 0 Å². The summed E-state index contributed by atoms with van der Waals surface area (Å²) in [6, 6.07) is 4.17. The number of aromatic nitrogens is 4. The van der Waals surface area contributed by atoms with Crippen molar-refractivity contribution in [2.24, 2.45) is 5.92 Å². The molecule has 0 radical (unpaired) electrons. The average molecular weight is 653 g/mol. The van der Waals surface area contributed by atoms with Gasteiger partial charge in [0, 0.05) is 48.1 Å². The van der Waals surface area contributed by atoms with Crippen molar-refractivity contribution in [3.63, 3.8) is 0 Å². The Morgan fingerprint density at radius 2 is 1.87 bits per heavy atom. The van der Waals surface area contributed by atoms with Crippen molar-refractivity contribution in [2.45, 2.75) is 69.8 Å². The summed E-state index contributed by atoms with van der Waals surface area (Å²) >= 11 is 0. The first-order chi connectivity index (χ1) is 22.5. The number of aryl methyl sites for hydroxylation is 1. The van der Waals surface area contributed by atoms with Crippen LogP contribution < -0.4 is 15.0 Å². The van der Waals surface area contributed by atoms with Crippen LogP contribution >= 0.6 is 0 Å². The number of hydrogen-bond acceptors (Lipinski definition) is 8. The summed E-state index contributed by atoms with van der Waals surface area (Å²) in [4.78, 5) is 13.5. The summed E-state index contributed by atoms with van der Waals surface area (Å²) in [6.45, 7) is 6.68. The fraction of sp³-hybridized carbons (Fsp3) is 0.515. The number of hydrogen-bond donors (Lipinski definition) is 2. The third kappa shape index (κ3) is 4.80. The van der Waals surface area contributed by atoms with Crippen molar-refractivity contribution < 1.29 is 26.7 Å². The van der Waals surface area contributed by atoms with Crippen LogP contribution in [0.4, 0.5) is 27.8 Å². The van der Waals surface area contributed by atoms with Crippen LogP contribution in [0.3, 0.4) is 0 Å². The monoisotopic (exact) mass is 652 g/mol. The molecule has 4 aliphatic rings. The van der Waals surface area contributed by atoms with Gasteiger partial charge in [0.25, 0.3) is 0 Å². The number of alkyl halides is 3. The minimum atomic E-state index is -5.00. The lowest BCUT2D eigenvalue weighted by Gasteiger charge is -2.35. The molecule has 2 N–H and O–H groups in total. The van der Waals surface area contributed by atoms with Gasteiger partial charge in [0.15, 0.2) is 11.5 Å². The van der Waals surface area contributed by atoms with Crippen molar-refractivity contribution in [2.75, 3.05) is 37.7 Å². The number of benzene rings is 2. The van der Waals surface area contributed by atoms with Crippen LogP contribution in [0.5, 0.6) is 6.01 Å². The van der Waals surface area contributed by atoms with Gasteiger partial charge < -0.3 is 15.0 Å². The molecule has 4 saturated heterocycles. The van der Waals surface area contributed by atoms with Gasteiger partial charge in [-0.05, 0) is 69.2 Å². The summed E-state index contributed by atoms with van der Waals surface area (Å²) in [5.41, 5.74) is -4.15. The zero-order chi connectivity index (χ0) is 32.8. The zero-order valence-electron chi connectivity index (χ0n) is 25.9. The van der Waals surface area contributed by atoms with Crippen LogP contribution in [0, 0.1) is 35.8 Å². The first-order valence-corrected chi connectivity index (χ1v) is 16.0. The predicted octanol–water partition coefficient (Wildman–Crippen LogP) is 5.84. The highest BCUT2D eigenvalue weighted by atomic mass is 19.4. The Hall–Kier alpha value is -4.09. The van der Waals surface area contributed by atoms with Crippen LogP contribution in [-0.4, -0.2) is 75.5 Å². The maximum Gasteiger partial charge on any atom is 0.417 e. The van der Waals surface area contributed by atoms with Gasteiger partial charge in [-0.2, -0.15) is 33.5 Å². The van der Waals surface area contributed by atoms with E-state index in [-0.39, 0.29) is 63.4 Å². The van der Waals surface area contributed by atoms with Gasteiger partial charge in [0.1, 0.15) is 29.8 Å². The minimum absolute atomic E-state index is 0.0395. The Balaban J connectivity index is 1.34. The molecule has 2 unspecified atom stereocenters. The molecule has 2 bridgehead atoms. The van der Waals surface area contributed by atoms with Crippen LogP contribution in [0.25, 0.3) is 32.9 Å². The van der Waals surface area contributed by atoms with Crippen LogP contribution in [-0.2, 0) is 6.18 Å². The number of rotatable bonds is 5. The molecule has 47 heavy (non-hydrogen) atoms. The van der Waals surface area contributed by atoms with Gasteiger partial charge in [-0.1, -0.05) is 6.92 Å². The van der Waals surface area contributed by atoms with E-state index in [0.717, 1.165) is 51.3 Å². The topological polar surface area (TPSA) is 106 Å². The molecule has 2 aromatic heterocycles. The number of halogens is 5. The smallest absolute Gasteiger partial charge is 0.417 e. The van der Waals surface area contributed by atoms with Gasteiger partial charge in [0.05, 0.1) is 22.2 Å². The summed E-state index contributed by atoms with van der Waals surface area (Å²) in [7, 11) is 0. The van der Waals surface area contributed by atoms with Gasteiger partial charge in [-0.3, -0.25) is 10.00 Å². The van der Waals surface area contributed by atoms with E-state index in [0.29, 0.717) is 19.0 Å². The summed E-state index contributed by atoms with van der Waals surface area (Å²) < 4.78 is 83.6. The van der Waals surface area contributed by atoms with E-state index in [1.807, 2.05) is 4.90 Å². The van der Waals surface area contributed by atoms with Crippen molar-refractivity contribution >= 4 is 27.6 Å². The molecular weight excluding hydrogens is 619 g/mol. The quantitative estimate of drug-likeness (QED) is 0.259. The molecule has 4 atom stereocenters. The lowest BCUT2D eigenvalue weighted by Crippen LogP contribution is -2.51. The highest BCUT2D eigenvalue weighted by molar-refractivity contribution is 6.03. The second-order valence-electron chi connectivity index (χ2n) is 13.7. The Bertz CT molecular complexity index is 1960. The molecule has 0 amide bonds. The Morgan fingerprint density at radius 1 is 1.11 bits per heavy atom. The van der Waals surface area contributed by atoms with Crippen LogP contribution in [0.15, 0.2) is 12.1 Å². The van der Waals surface area contributed by atoms with E-state index in [1.54, 1.807) is 6.07 Å². The van der Waals surface area contributed by atoms with E-state index in [1.165, 1.54) is 13.0 Å². The fourth-order valence-corrected chi connectivity index (χ4v) is 8.71. The number of fused-ring (bicyclic) bond motifs is 5. The molecule has 2 aromatic carbocycles. The van der Waals surface area contributed by atoms with E-state index >= 15 is 8.78 Å². The molecule has 6 heterocycles. The number of piperazine rings is 1. The number of anilines is 1. The van der Waals surface area contributed by atoms with E-state index in [9.17, 15) is 18.4 Å². The summed E-state index contributed by atoms with van der Waals surface area (Å²) in [6.07, 6.45) is -0.182. The first-order valence-electron chi connectivity index (χ1n) is 16.0. The number of ether oxygens (including phenoxy) is 1. The number of H-pyrrole nitrogens is 1. The van der Waals surface area contributed by atoms with Crippen molar-refractivity contribution in [1.29, 1.82) is 5.26 Å².